The van der Waals surface area contributed by atoms with Crippen molar-refractivity contribution in [1.82, 2.24) is 14.5 Å². The predicted octanol–water partition coefficient (Wildman–Crippen LogP) is 0.600. The molecule has 0 saturated carbocycles. The molecular weight excluding hydrogens is 248 g/mol. The van der Waals surface area contributed by atoms with Gasteiger partial charge < -0.3 is 19.9 Å². The molecule has 0 spiro atoms. The van der Waals surface area contributed by atoms with Crippen molar-refractivity contribution < 1.29 is 14.3 Å². The molecule has 0 aromatic carbocycles. The highest BCUT2D eigenvalue weighted by Gasteiger charge is 2.26. The van der Waals surface area contributed by atoms with Crippen LogP contribution in [0.1, 0.15) is 36.2 Å². The predicted molar refractivity (Wildman–Crippen MR) is 70.7 cm³/mol. The van der Waals surface area contributed by atoms with Crippen molar-refractivity contribution in [2.24, 2.45) is 0 Å². The summed E-state index contributed by atoms with van der Waals surface area (Å²) in [7, 11) is 2.97. The summed E-state index contributed by atoms with van der Waals surface area (Å²) < 4.78 is 6.15. The normalized spacial score (nSPS) is 12.1. The highest BCUT2D eigenvalue weighted by molar-refractivity contribution is 5.92. The van der Waals surface area contributed by atoms with Gasteiger partial charge in [-0.1, -0.05) is 0 Å². The van der Waals surface area contributed by atoms with E-state index in [1.54, 1.807) is 30.4 Å². The van der Waals surface area contributed by atoms with Gasteiger partial charge in [0.05, 0.1) is 7.11 Å². The molecule has 1 amide bonds. The van der Waals surface area contributed by atoms with E-state index in [2.05, 4.69) is 9.72 Å². The quantitative estimate of drug-likeness (QED) is 0.807. The molecule has 7 nitrogen and oxygen atoms in total. The molecule has 1 unspecified atom stereocenters. The number of hydrogen-bond acceptors (Lipinski definition) is 5. The fourth-order valence-electron chi connectivity index (χ4n) is 1.88. The van der Waals surface area contributed by atoms with Crippen LogP contribution in [0, 0.1) is 6.92 Å². The van der Waals surface area contributed by atoms with Crippen molar-refractivity contribution in [3.63, 3.8) is 0 Å². The second-order valence-electron chi connectivity index (χ2n) is 4.28. The Kier molecular flexibility index (Phi) is 4.52. The Morgan fingerprint density at radius 1 is 1.53 bits per heavy atom. The lowest BCUT2D eigenvalue weighted by Gasteiger charge is -2.22. The maximum Gasteiger partial charge on any atom is 0.360 e. The molecule has 1 aromatic rings. The zero-order valence-electron chi connectivity index (χ0n) is 11.9. The summed E-state index contributed by atoms with van der Waals surface area (Å²) in [5.41, 5.74) is 5.93. The van der Waals surface area contributed by atoms with Crippen LogP contribution < -0.4 is 5.73 Å². The molecule has 1 heterocycles. The topological polar surface area (TPSA) is 90.5 Å². The molecular formula is C12H20N4O3. The molecule has 0 aliphatic carbocycles. The number of hydrogen-bond donors (Lipinski definition) is 1. The fourth-order valence-corrected chi connectivity index (χ4v) is 1.88. The maximum atomic E-state index is 12.1. The first-order chi connectivity index (χ1) is 8.84. The van der Waals surface area contributed by atoms with E-state index in [4.69, 9.17) is 5.73 Å². The molecule has 1 rings (SSSR count). The van der Waals surface area contributed by atoms with Gasteiger partial charge in [-0.25, -0.2) is 9.78 Å². The minimum atomic E-state index is -0.608. The van der Waals surface area contributed by atoms with Crippen molar-refractivity contribution >= 4 is 17.7 Å². The van der Waals surface area contributed by atoms with Gasteiger partial charge in [0.25, 0.3) is 0 Å². The molecule has 0 fully saturated rings. The SMILES string of the molecule is CCN(C)C(=O)C(C)n1c(C)nc(C(=O)OC)c1N. The second-order valence-corrected chi connectivity index (χ2v) is 4.28. The first-order valence-electron chi connectivity index (χ1n) is 6.02. The van der Waals surface area contributed by atoms with Gasteiger partial charge in [-0.2, -0.15) is 0 Å². The van der Waals surface area contributed by atoms with Crippen LogP contribution in [-0.4, -0.2) is 47.0 Å². The van der Waals surface area contributed by atoms with Crippen molar-refractivity contribution in [2.75, 3.05) is 26.4 Å². The molecule has 1 atom stereocenters. The van der Waals surface area contributed by atoms with Gasteiger partial charge >= 0.3 is 5.97 Å². The summed E-state index contributed by atoms with van der Waals surface area (Å²) in [6.45, 7) is 5.90. The summed E-state index contributed by atoms with van der Waals surface area (Å²) in [6.07, 6.45) is 0. The van der Waals surface area contributed by atoms with Gasteiger partial charge in [0.2, 0.25) is 5.91 Å². The van der Waals surface area contributed by atoms with Crippen molar-refractivity contribution in [3.8, 4) is 0 Å². The van der Waals surface area contributed by atoms with Crippen LogP contribution in [0.4, 0.5) is 5.82 Å². The number of nitrogens with two attached hydrogens (primary N) is 1. The van der Waals surface area contributed by atoms with Gasteiger partial charge in [-0.15, -0.1) is 0 Å². The molecule has 7 heteroatoms. The Hall–Kier alpha value is -2.05. The molecule has 106 valence electrons. The van der Waals surface area contributed by atoms with E-state index in [0.29, 0.717) is 12.4 Å². The summed E-state index contributed by atoms with van der Waals surface area (Å²) in [4.78, 5) is 29.3. The monoisotopic (exact) mass is 268 g/mol. The minimum absolute atomic E-state index is 0.0406. The van der Waals surface area contributed by atoms with Gasteiger partial charge in [0.1, 0.15) is 17.7 Å². The van der Waals surface area contributed by atoms with Crippen LogP contribution in [-0.2, 0) is 9.53 Å². The van der Waals surface area contributed by atoms with E-state index in [9.17, 15) is 9.59 Å². The number of imidazole rings is 1. The summed E-state index contributed by atoms with van der Waals surface area (Å²) in [5, 5.41) is 0. The molecule has 1 aromatic heterocycles. The Labute approximate surface area is 112 Å². The summed E-state index contributed by atoms with van der Waals surface area (Å²) >= 11 is 0. The zero-order valence-corrected chi connectivity index (χ0v) is 11.9. The Morgan fingerprint density at radius 2 is 2.11 bits per heavy atom. The first kappa shape index (κ1) is 15.0. The maximum absolute atomic E-state index is 12.1. The lowest BCUT2D eigenvalue weighted by molar-refractivity contribution is -0.132. The molecule has 2 N–H and O–H groups in total. The molecule has 0 radical (unpaired) electrons. The minimum Gasteiger partial charge on any atom is -0.464 e. The highest BCUT2D eigenvalue weighted by atomic mass is 16.5. The van der Waals surface area contributed by atoms with E-state index in [0.717, 1.165) is 0 Å². The molecule has 19 heavy (non-hydrogen) atoms. The van der Waals surface area contributed by atoms with Crippen molar-refractivity contribution in [3.05, 3.63) is 11.5 Å². The van der Waals surface area contributed by atoms with Crippen LogP contribution in [0.25, 0.3) is 0 Å². The fraction of sp³-hybridized carbons (Fsp3) is 0.583. The molecule has 0 bridgehead atoms. The molecule has 0 aliphatic rings. The van der Waals surface area contributed by atoms with Crippen LogP contribution >= 0.6 is 0 Å². The van der Waals surface area contributed by atoms with E-state index in [1.807, 2.05) is 6.92 Å². The zero-order chi connectivity index (χ0) is 14.7. The Bertz CT molecular complexity index is 495. The van der Waals surface area contributed by atoms with Crippen molar-refractivity contribution in [1.29, 1.82) is 0 Å². The average molecular weight is 268 g/mol. The number of esters is 1. The lowest BCUT2D eigenvalue weighted by atomic mass is 10.2. The van der Waals surface area contributed by atoms with Gasteiger partial charge in [-0.3, -0.25) is 4.79 Å². The smallest absolute Gasteiger partial charge is 0.360 e. The van der Waals surface area contributed by atoms with Gasteiger partial charge in [-0.05, 0) is 20.8 Å². The Balaban J connectivity index is 3.18. The largest absolute Gasteiger partial charge is 0.464 e. The van der Waals surface area contributed by atoms with Gasteiger partial charge in [0.15, 0.2) is 5.69 Å². The van der Waals surface area contributed by atoms with Gasteiger partial charge in [0, 0.05) is 13.6 Å². The first-order valence-corrected chi connectivity index (χ1v) is 6.02. The highest BCUT2D eigenvalue weighted by Crippen LogP contribution is 2.22. The number of likely N-dealkylation sites (N-methyl/N-ethyl adjacent to an activating group) is 1. The lowest BCUT2D eigenvalue weighted by Crippen LogP contribution is -2.33. The standard InChI is InChI=1S/C12H20N4O3/c1-6-15(4)11(17)7(2)16-8(3)14-9(10(16)13)12(18)19-5/h7H,6,13H2,1-5H3. The number of amides is 1. The van der Waals surface area contributed by atoms with E-state index >= 15 is 0 Å². The number of nitrogens with zero attached hydrogens (tertiary/aromatic N) is 3. The molecule has 0 aliphatic heterocycles. The number of aryl methyl sites for hydroxylation is 1. The number of nitrogen functional groups attached to an aromatic ring is 1. The summed E-state index contributed by atoms with van der Waals surface area (Å²) in [6, 6.07) is -0.518. The van der Waals surface area contributed by atoms with Crippen molar-refractivity contribution in [2.45, 2.75) is 26.8 Å². The molecule has 0 saturated heterocycles. The average Bonchev–Trinajstić information content (AvgIpc) is 2.70. The van der Waals surface area contributed by atoms with Crippen LogP contribution in [0.2, 0.25) is 0 Å². The van der Waals surface area contributed by atoms with Crippen LogP contribution in [0.3, 0.4) is 0 Å². The Morgan fingerprint density at radius 3 is 2.58 bits per heavy atom. The number of aromatic nitrogens is 2. The summed E-state index contributed by atoms with van der Waals surface area (Å²) in [5.74, 6) is -0.0492. The third-order valence-corrected chi connectivity index (χ3v) is 3.10. The number of carbonyl (C=O) groups is 2. The van der Waals surface area contributed by atoms with E-state index < -0.39 is 12.0 Å². The second kappa shape index (κ2) is 5.73. The third kappa shape index (κ3) is 2.69. The number of ether oxygens (including phenoxy) is 1. The number of rotatable bonds is 4. The van der Waals surface area contributed by atoms with Crippen LogP contribution in [0.15, 0.2) is 0 Å². The number of methoxy groups -OCH3 is 1. The third-order valence-electron chi connectivity index (χ3n) is 3.10. The van der Waals surface area contributed by atoms with Crippen LogP contribution in [0.5, 0.6) is 0 Å². The number of anilines is 1. The number of carbonyl (C=O) groups excluding carboxylic acids is 2. The van der Waals surface area contributed by atoms with E-state index in [-0.39, 0.29) is 17.4 Å². The van der Waals surface area contributed by atoms with E-state index in [1.165, 1.54) is 7.11 Å².